The Labute approximate surface area is 121 Å². The second-order valence-corrected chi connectivity index (χ2v) is 5.51. The third kappa shape index (κ3) is 4.60. The van der Waals surface area contributed by atoms with Gasteiger partial charge in [-0.1, -0.05) is 38.2 Å². The molecule has 1 amide bonds. The van der Waals surface area contributed by atoms with Crippen molar-refractivity contribution in [2.24, 2.45) is 11.7 Å². The van der Waals surface area contributed by atoms with Gasteiger partial charge in [0.1, 0.15) is 6.04 Å². The van der Waals surface area contributed by atoms with Crippen LogP contribution < -0.4 is 11.1 Å². The van der Waals surface area contributed by atoms with Gasteiger partial charge in [-0.05, 0) is 30.9 Å². The van der Waals surface area contributed by atoms with E-state index >= 15 is 0 Å². The van der Waals surface area contributed by atoms with Gasteiger partial charge >= 0.3 is 0 Å². The number of rotatable bonds is 4. The van der Waals surface area contributed by atoms with Crippen LogP contribution in [0.4, 0.5) is 0 Å². The van der Waals surface area contributed by atoms with E-state index in [0.717, 1.165) is 0 Å². The summed E-state index contributed by atoms with van der Waals surface area (Å²) in [5.41, 5.74) is 6.52. The van der Waals surface area contributed by atoms with Gasteiger partial charge in [-0.3, -0.25) is 9.78 Å². The van der Waals surface area contributed by atoms with Crippen LogP contribution in [0.15, 0.2) is 24.4 Å². The zero-order valence-corrected chi connectivity index (χ0v) is 11.9. The third-order valence-electron chi connectivity index (χ3n) is 3.90. The lowest BCUT2D eigenvalue weighted by molar-refractivity contribution is -0.122. The second kappa shape index (κ2) is 8.00. The Hall–Kier alpha value is -1.42. The highest BCUT2D eigenvalue weighted by Gasteiger charge is 2.19. The van der Waals surface area contributed by atoms with Crippen molar-refractivity contribution in [1.82, 2.24) is 10.3 Å². The molecule has 1 aromatic rings. The summed E-state index contributed by atoms with van der Waals surface area (Å²) in [5.74, 6) is 0.306. The number of aromatic nitrogens is 1. The van der Waals surface area contributed by atoms with E-state index in [0.29, 0.717) is 11.6 Å². The van der Waals surface area contributed by atoms with E-state index in [4.69, 9.17) is 5.73 Å². The van der Waals surface area contributed by atoms with Gasteiger partial charge in [0.25, 0.3) is 0 Å². The highest BCUT2D eigenvalue weighted by molar-refractivity contribution is 5.82. The number of nitrogens with two attached hydrogens (primary N) is 1. The van der Waals surface area contributed by atoms with E-state index in [9.17, 15) is 4.79 Å². The zero-order chi connectivity index (χ0) is 14.2. The number of hydrogen-bond donors (Lipinski definition) is 2. The molecular weight excluding hydrogens is 250 g/mol. The summed E-state index contributed by atoms with van der Waals surface area (Å²) >= 11 is 0. The van der Waals surface area contributed by atoms with E-state index in [2.05, 4.69) is 10.3 Å². The van der Waals surface area contributed by atoms with E-state index in [1.807, 2.05) is 18.7 Å². The maximum absolute atomic E-state index is 12.0. The zero-order valence-electron chi connectivity index (χ0n) is 11.9. The van der Waals surface area contributed by atoms with Crippen LogP contribution in [0.1, 0.15) is 56.7 Å². The van der Waals surface area contributed by atoms with Crippen LogP contribution in [0.25, 0.3) is 0 Å². The SMILES string of the molecule is NC(C(=O)N[CH]C1CCCCCCC1)c1ccccn1. The predicted molar refractivity (Wildman–Crippen MR) is 79.4 cm³/mol. The summed E-state index contributed by atoms with van der Waals surface area (Å²) in [6.45, 7) is 1.94. The lowest BCUT2D eigenvalue weighted by atomic mass is 9.91. The fraction of sp³-hybridized carbons (Fsp3) is 0.562. The van der Waals surface area contributed by atoms with Crippen molar-refractivity contribution in [2.75, 3.05) is 0 Å². The standard InChI is InChI=1S/C16H24N3O/c17-15(14-10-6-7-11-18-14)16(20)19-12-13-8-4-2-1-3-5-9-13/h6-7,10-13,15H,1-5,8-9,17H2,(H,19,20). The van der Waals surface area contributed by atoms with Crippen molar-refractivity contribution in [1.29, 1.82) is 0 Å². The van der Waals surface area contributed by atoms with Crippen LogP contribution in [0.3, 0.4) is 0 Å². The molecule has 1 saturated carbocycles. The molecule has 20 heavy (non-hydrogen) atoms. The van der Waals surface area contributed by atoms with Crippen molar-refractivity contribution in [3.8, 4) is 0 Å². The molecule has 4 heteroatoms. The Balaban J connectivity index is 1.79. The van der Waals surface area contributed by atoms with Crippen molar-refractivity contribution in [2.45, 2.75) is 51.0 Å². The Kier molecular flexibility index (Phi) is 5.99. The largest absolute Gasteiger partial charge is 0.349 e. The van der Waals surface area contributed by atoms with Crippen molar-refractivity contribution in [3.63, 3.8) is 0 Å². The van der Waals surface area contributed by atoms with Crippen LogP contribution in [0.2, 0.25) is 0 Å². The van der Waals surface area contributed by atoms with E-state index in [1.54, 1.807) is 12.3 Å². The first-order valence-electron chi connectivity index (χ1n) is 7.57. The van der Waals surface area contributed by atoms with E-state index in [1.165, 1.54) is 44.9 Å². The van der Waals surface area contributed by atoms with Gasteiger partial charge in [-0.2, -0.15) is 0 Å². The molecule has 1 atom stereocenters. The first-order valence-corrected chi connectivity index (χ1v) is 7.57. The summed E-state index contributed by atoms with van der Waals surface area (Å²) in [6.07, 6.45) is 10.5. The van der Waals surface area contributed by atoms with Crippen molar-refractivity contribution < 1.29 is 4.79 Å². The third-order valence-corrected chi connectivity index (χ3v) is 3.90. The number of hydrogen-bond acceptors (Lipinski definition) is 3. The number of nitrogens with one attached hydrogen (secondary N) is 1. The molecule has 2 rings (SSSR count). The normalized spacial score (nSPS) is 18.9. The van der Waals surface area contributed by atoms with Crippen molar-refractivity contribution >= 4 is 5.91 Å². The molecule has 109 valence electrons. The van der Waals surface area contributed by atoms with E-state index < -0.39 is 6.04 Å². The van der Waals surface area contributed by atoms with Gasteiger partial charge < -0.3 is 11.1 Å². The number of amides is 1. The van der Waals surface area contributed by atoms with Crippen LogP contribution >= 0.6 is 0 Å². The van der Waals surface area contributed by atoms with Gasteiger partial charge in [0, 0.05) is 6.20 Å². The molecule has 1 radical (unpaired) electrons. The molecule has 0 spiro atoms. The van der Waals surface area contributed by atoms with Gasteiger partial charge in [0.05, 0.1) is 12.2 Å². The van der Waals surface area contributed by atoms with Crippen LogP contribution in [-0.2, 0) is 4.79 Å². The first-order chi connectivity index (χ1) is 9.77. The maximum atomic E-state index is 12.0. The van der Waals surface area contributed by atoms with Gasteiger partial charge in [-0.15, -0.1) is 0 Å². The second-order valence-electron chi connectivity index (χ2n) is 5.51. The smallest absolute Gasteiger partial charge is 0.243 e. The van der Waals surface area contributed by atoms with E-state index in [-0.39, 0.29) is 5.91 Å². The Morgan fingerprint density at radius 3 is 2.60 bits per heavy atom. The number of pyridine rings is 1. The molecule has 1 aliphatic carbocycles. The lowest BCUT2D eigenvalue weighted by Gasteiger charge is -2.20. The number of carbonyl (C=O) groups excluding carboxylic acids is 1. The fourth-order valence-electron chi connectivity index (χ4n) is 2.64. The minimum atomic E-state index is -0.694. The summed E-state index contributed by atoms with van der Waals surface area (Å²) in [5, 5.41) is 2.87. The maximum Gasteiger partial charge on any atom is 0.243 e. The average Bonchev–Trinajstić information content (AvgIpc) is 2.46. The topological polar surface area (TPSA) is 68.0 Å². The average molecular weight is 274 g/mol. The van der Waals surface area contributed by atoms with Crippen LogP contribution in [-0.4, -0.2) is 10.9 Å². The van der Waals surface area contributed by atoms with Crippen molar-refractivity contribution in [3.05, 3.63) is 36.6 Å². The molecule has 0 bridgehead atoms. The summed E-state index contributed by atoms with van der Waals surface area (Å²) in [4.78, 5) is 16.2. The molecule has 0 saturated heterocycles. The molecule has 1 aliphatic rings. The van der Waals surface area contributed by atoms with Gasteiger partial charge in [-0.25, -0.2) is 0 Å². The van der Waals surface area contributed by atoms with Crippen LogP contribution in [0, 0.1) is 12.5 Å². The minimum Gasteiger partial charge on any atom is -0.349 e. The Morgan fingerprint density at radius 2 is 1.95 bits per heavy atom. The first kappa shape index (κ1) is 15.0. The molecule has 1 aromatic heterocycles. The number of nitrogens with zero attached hydrogens (tertiary/aromatic N) is 1. The number of carbonyl (C=O) groups is 1. The Morgan fingerprint density at radius 1 is 1.25 bits per heavy atom. The summed E-state index contributed by atoms with van der Waals surface area (Å²) in [6, 6.07) is 4.74. The molecule has 0 aliphatic heterocycles. The predicted octanol–water partition coefficient (Wildman–Crippen LogP) is 2.72. The highest BCUT2D eigenvalue weighted by atomic mass is 16.2. The van der Waals surface area contributed by atoms with Gasteiger partial charge in [0.15, 0.2) is 0 Å². The quantitative estimate of drug-likeness (QED) is 0.887. The molecule has 4 nitrogen and oxygen atoms in total. The molecule has 1 heterocycles. The molecule has 1 fully saturated rings. The summed E-state index contributed by atoms with van der Waals surface area (Å²) < 4.78 is 0. The Bertz CT molecular complexity index is 399. The summed E-state index contributed by atoms with van der Waals surface area (Å²) in [7, 11) is 0. The molecule has 0 aromatic carbocycles. The fourth-order valence-corrected chi connectivity index (χ4v) is 2.64. The monoisotopic (exact) mass is 274 g/mol. The molecule has 3 N–H and O–H groups in total. The lowest BCUT2D eigenvalue weighted by Crippen LogP contribution is -2.34. The minimum absolute atomic E-state index is 0.175. The van der Waals surface area contributed by atoms with Crippen LogP contribution in [0.5, 0.6) is 0 Å². The van der Waals surface area contributed by atoms with Gasteiger partial charge in [0.2, 0.25) is 5.91 Å². The molecular formula is C16H24N3O. The highest BCUT2D eigenvalue weighted by Crippen LogP contribution is 2.23. The molecule has 1 unspecified atom stereocenters.